The largest absolute Gasteiger partial charge is 0.316 e. The first-order chi connectivity index (χ1) is 7.63. The Balaban J connectivity index is 2.10. The standard InChI is InChI=1S/C13H17BrFN/c1-8-6-10(8)12(16-2)7-9-4-3-5-11(15)13(9)14/h3-5,8,10,12,16H,6-7H2,1-2H3. The Bertz CT molecular complexity index is 380. The third-order valence-electron chi connectivity index (χ3n) is 3.53. The van der Waals surface area contributed by atoms with Gasteiger partial charge in [-0.25, -0.2) is 4.39 Å². The molecule has 1 fully saturated rings. The van der Waals surface area contributed by atoms with Crippen LogP contribution in [0.2, 0.25) is 0 Å². The minimum atomic E-state index is -0.170. The molecule has 0 heterocycles. The van der Waals surface area contributed by atoms with Crippen molar-refractivity contribution >= 4 is 15.9 Å². The van der Waals surface area contributed by atoms with Crippen molar-refractivity contribution in [2.24, 2.45) is 11.8 Å². The van der Waals surface area contributed by atoms with Crippen LogP contribution in [0.15, 0.2) is 22.7 Å². The Morgan fingerprint density at radius 3 is 2.81 bits per heavy atom. The first kappa shape index (κ1) is 12.1. The maximum absolute atomic E-state index is 13.4. The molecule has 1 N–H and O–H groups in total. The molecule has 0 aromatic heterocycles. The summed E-state index contributed by atoms with van der Waals surface area (Å²) in [4.78, 5) is 0. The van der Waals surface area contributed by atoms with Crippen molar-refractivity contribution in [3.8, 4) is 0 Å². The highest BCUT2D eigenvalue weighted by Gasteiger charge is 2.38. The van der Waals surface area contributed by atoms with Gasteiger partial charge < -0.3 is 5.32 Å². The lowest BCUT2D eigenvalue weighted by atomic mass is 10.0. The van der Waals surface area contributed by atoms with E-state index in [0.29, 0.717) is 10.5 Å². The fourth-order valence-electron chi connectivity index (χ4n) is 2.32. The summed E-state index contributed by atoms with van der Waals surface area (Å²) in [6.07, 6.45) is 2.18. The van der Waals surface area contributed by atoms with Gasteiger partial charge in [-0.15, -0.1) is 0 Å². The summed E-state index contributed by atoms with van der Waals surface area (Å²) in [7, 11) is 1.99. The average molecular weight is 286 g/mol. The normalized spacial score (nSPS) is 25.5. The third-order valence-corrected chi connectivity index (χ3v) is 4.42. The number of hydrogen-bond acceptors (Lipinski definition) is 1. The van der Waals surface area contributed by atoms with Gasteiger partial charge in [0.2, 0.25) is 0 Å². The quantitative estimate of drug-likeness (QED) is 0.894. The third kappa shape index (κ3) is 2.46. The Morgan fingerprint density at radius 1 is 1.56 bits per heavy atom. The van der Waals surface area contributed by atoms with E-state index in [2.05, 4.69) is 28.2 Å². The predicted molar refractivity (Wildman–Crippen MR) is 67.9 cm³/mol. The van der Waals surface area contributed by atoms with E-state index in [4.69, 9.17) is 0 Å². The zero-order chi connectivity index (χ0) is 11.7. The van der Waals surface area contributed by atoms with Gasteiger partial charge in [0.1, 0.15) is 5.82 Å². The van der Waals surface area contributed by atoms with Gasteiger partial charge in [-0.05, 0) is 59.3 Å². The van der Waals surface area contributed by atoms with Crippen molar-refractivity contribution in [3.63, 3.8) is 0 Å². The van der Waals surface area contributed by atoms with Crippen LogP contribution >= 0.6 is 15.9 Å². The van der Waals surface area contributed by atoms with Crippen LogP contribution in [-0.2, 0) is 6.42 Å². The zero-order valence-corrected chi connectivity index (χ0v) is 11.2. The van der Waals surface area contributed by atoms with Crippen LogP contribution in [0.4, 0.5) is 4.39 Å². The molecule has 0 spiro atoms. The van der Waals surface area contributed by atoms with Gasteiger partial charge in [0, 0.05) is 6.04 Å². The van der Waals surface area contributed by atoms with Gasteiger partial charge in [-0.1, -0.05) is 19.1 Å². The van der Waals surface area contributed by atoms with Gasteiger partial charge in [0.15, 0.2) is 0 Å². The molecule has 1 aliphatic rings. The molecule has 0 radical (unpaired) electrons. The fourth-order valence-corrected chi connectivity index (χ4v) is 2.75. The Kier molecular flexibility index (Phi) is 3.65. The van der Waals surface area contributed by atoms with E-state index in [9.17, 15) is 4.39 Å². The summed E-state index contributed by atoms with van der Waals surface area (Å²) in [6, 6.07) is 5.72. The average Bonchev–Trinajstić information content (AvgIpc) is 2.98. The van der Waals surface area contributed by atoms with Crippen molar-refractivity contribution in [3.05, 3.63) is 34.1 Å². The first-order valence-electron chi connectivity index (χ1n) is 5.73. The summed E-state index contributed by atoms with van der Waals surface area (Å²) in [5, 5.41) is 3.35. The summed E-state index contributed by atoms with van der Waals surface area (Å²) in [5.41, 5.74) is 1.05. The Hall–Kier alpha value is -0.410. The minimum absolute atomic E-state index is 0.170. The fraction of sp³-hybridized carbons (Fsp3) is 0.538. The summed E-state index contributed by atoms with van der Waals surface area (Å²) in [5.74, 6) is 1.39. The molecule has 1 nitrogen and oxygen atoms in total. The number of nitrogens with one attached hydrogen (secondary N) is 1. The van der Waals surface area contributed by atoms with E-state index in [-0.39, 0.29) is 5.82 Å². The first-order valence-corrected chi connectivity index (χ1v) is 6.53. The van der Waals surface area contributed by atoms with Crippen molar-refractivity contribution < 1.29 is 4.39 Å². The number of rotatable bonds is 4. The second-order valence-electron chi connectivity index (χ2n) is 4.69. The maximum Gasteiger partial charge on any atom is 0.137 e. The van der Waals surface area contributed by atoms with Crippen molar-refractivity contribution in [2.45, 2.75) is 25.8 Å². The van der Waals surface area contributed by atoms with Crippen LogP contribution in [0, 0.1) is 17.7 Å². The molecule has 1 aromatic rings. The van der Waals surface area contributed by atoms with Gasteiger partial charge in [-0.3, -0.25) is 0 Å². The van der Waals surface area contributed by atoms with Gasteiger partial charge in [0.25, 0.3) is 0 Å². The van der Waals surface area contributed by atoms with Crippen LogP contribution in [-0.4, -0.2) is 13.1 Å². The predicted octanol–water partition coefficient (Wildman–Crippen LogP) is 3.37. The summed E-state index contributed by atoms with van der Waals surface area (Å²) in [6.45, 7) is 2.27. The smallest absolute Gasteiger partial charge is 0.137 e. The van der Waals surface area contributed by atoms with E-state index in [1.807, 2.05) is 13.1 Å². The number of halogens is 2. The van der Waals surface area contributed by atoms with Gasteiger partial charge >= 0.3 is 0 Å². The molecule has 3 heteroatoms. The summed E-state index contributed by atoms with van der Waals surface area (Å²) < 4.78 is 14.0. The highest BCUT2D eigenvalue weighted by molar-refractivity contribution is 9.10. The van der Waals surface area contributed by atoms with Crippen molar-refractivity contribution in [2.75, 3.05) is 7.05 Å². The van der Waals surface area contributed by atoms with Crippen LogP contribution in [0.25, 0.3) is 0 Å². The molecule has 1 saturated carbocycles. The molecule has 0 amide bonds. The number of likely N-dealkylation sites (N-methyl/N-ethyl adjacent to an activating group) is 1. The zero-order valence-electron chi connectivity index (χ0n) is 9.63. The lowest BCUT2D eigenvalue weighted by molar-refractivity contribution is 0.477. The van der Waals surface area contributed by atoms with Gasteiger partial charge in [0.05, 0.1) is 4.47 Å². The van der Waals surface area contributed by atoms with E-state index in [1.54, 1.807) is 6.07 Å². The topological polar surface area (TPSA) is 12.0 Å². The highest BCUT2D eigenvalue weighted by Crippen LogP contribution is 2.41. The molecule has 3 atom stereocenters. The molecule has 0 aliphatic heterocycles. The molecule has 1 aromatic carbocycles. The van der Waals surface area contributed by atoms with Crippen LogP contribution < -0.4 is 5.32 Å². The van der Waals surface area contributed by atoms with Crippen molar-refractivity contribution in [1.82, 2.24) is 5.32 Å². The molecule has 0 saturated heterocycles. The Labute approximate surface area is 105 Å². The van der Waals surface area contributed by atoms with Gasteiger partial charge in [-0.2, -0.15) is 0 Å². The second-order valence-corrected chi connectivity index (χ2v) is 5.48. The molecule has 2 rings (SSSR count). The molecule has 0 bridgehead atoms. The van der Waals surface area contributed by atoms with E-state index in [0.717, 1.165) is 23.8 Å². The molecule has 16 heavy (non-hydrogen) atoms. The second kappa shape index (κ2) is 4.84. The minimum Gasteiger partial charge on any atom is -0.316 e. The monoisotopic (exact) mass is 285 g/mol. The van der Waals surface area contributed by atoms with Crippen molar-refractivity contribution in [1.29, 1.82) is 0 Å². The van der Waals surface area contributed by atoms with Crippen LogP contribution in [0.1, 0.15) is 18.9 Å². The molecule has 3 unspecified atom stereocenters. The highest BCUT2D eigenvalue weighted by atomic mass is 79.9. The molecule has 1 aliphatic carbocycles. The molecule has 88 valence electrons. The van der Waals surface area contributed by atoms with Crippen LogP contribution in [0.3, 0.4) is 0 Å². The maximum atomic E-state index is 13.4. The SMILES string of the molecule is CNC(Cc1cccc(F)c1Br)C1CC1C. The van der Waals surface area contributed by atoms with Crippen LogP contribution in [0.5, 0.6) is 0 Å². The van der Waals surface area contributed by atoms with E-state index >= 15 is 0 Å². The lowest BCUT2D eigenvalue weighted by Crippen LogP contribution is -2.30. The van der Waals surface area contributed by atoms with E-state index in [1.165, 1.54) is 12.5 Å². The number of benzene rings is 1. The number of hydrogen-bond donors (Lipinski definition) is 1. The lowest BCUT2D eigenvalue weighted by Gasteiger charge is -2.17. The Morgan fingerprint density at radius 2 is 2.25 bits per heavy atom. The summed E-state index contributed by atoms with van der Waals surface area (Å²) >= 11 is 3.32. The molecular weight excluding hydrogens is 269 g/mol. The van der Waals surface area contributed by atoms with E-state index < -0.39 is 0 Å². The molecular formula is C13H17BrFN.